The number of nitrogens with one attached hydrogen (secondary N) is 1. The highest BCUT2D eigenvalue weighted by Crippen LogP contribution is 2.19. The van der Waals surface area contributed by atoms with Crippen molar-refractivity contribution in [1.82, 2.24) is 4.90 Å². The van der Waals surface area contributed by atoms with Crippen LogP contribution in [-0.2, 0) is 9.59 Å². The fourth-order valence-electron chi connectivity index (χ4n) is 1.41. The second kappa shape index (κ2) is 5.45. The number of hydrogen-bond donors (Lipinski definition) is 1. The van der Waals surface area contributed by atoms with Crippen LogP contribution in [0.5, 0.6) is 0 Å². The number of carbonyl (C=O) groups is 2. The Morgan fingerprint density at radius 1 is 1.44 bits per heavy atom. The van der Waals surface area contributed by atoms with Gasteiger partial charge in [-0.2, -0.15) is 0 Å². The minimum absolute atomic E-state index is 0.109. The molecule has 0 spiro atoms. The van der Waals surface area contributed by atoms with Gasteiger partial charge in [-0.1, -0.05) is 24.0 Å². The third kappa shape index (κ3) is 3.05. The fraction of sp³-hybridized carbons (Fsp3) is 0.182. The molecular formula is C11H9FN2O2S2. The van der Waals surface area contributed by atoms with E-state index in [2.05, 4.69) is 5.32 Å². The topological polar surface area (TPSA) is 49.4 Å². The van der Waals surface area contributed by atoms with Crippen LogP contribution in [0.3, 0.4) is 0 Å². The van der Waals surface area contributed by atoms with Crippen LogP contribution < -0.4 is 5.32 Å². The minimum Gasteiger partial charge on any atom is -0.325 e. The number of amides is 2. The van der Waals surface area contributed by atoms with E-state index < -0.39 is 0 Å². The summed E-state index contributed by atoms with van der Waals surface area (Å²) in [5.41, 5.74) is 0.478. The predicted octanol–water partition coefficient (Wildman–Crippen LogP) is 1.62. The van der Waals surface area contributed by atoms with Gasteiger partial charge in [0.15, 0.2) is 0 Å². The van der Waals surface area contributed by atoms with Crippen LogP contribution in [0.2, 0.25) is 0 Å². The number of nitrogens with zero attached hydrogens (tertiary/aromatic N) is 1. The van der Waals surface area contributed by atoms with Gasteiger partial charge in [0, 0.05) is 5.69 Å². The largest absolute Gasteiger partial charge is 0.325 e. The Morgan fingerprint density at radius 2 is 2.11 bits per heavy atom. The molecule has 1 heterocycles. The average Bonchev–Trinajstić information content (AvgIpc) is 2.64. The lowest BCUT2D eigenvalue weighted by Gasteiger charge is -2.14. The molecule has 0 radical (unpaired) electrons. The second-order valence-corrected chi connectivity index (χ2v) is 5.20. The lowest BCUT2D eigenvalue weighted by Crippen LogP contribution is -2.36. The molecule has 1 aliphatic heterocycles. The first-order chi connectivity index (χ1) is 8.56. The maximum absolute atomic E-state index is 12.7. The van der Waals surface area contributed by atoms with Gasteiger partial charge in [-0.3, -0.25) is 14.5 Å². The van der Waals surface area contributed by atoms with Crippen molar-refractivity contribution in [1.29, 1.82) is 0 Å². The summed E-state index contributed by atoms with van der Waals surface area (Å²) >= 11 is 6.20. The molecule has 2 rings (SSSR count). The van der Waals surface area contributed by atoms with Gasteiger partial charge in [-0.15, -0.1) is 0 Å². The Bertz CT molecular complexity index is 488. The normalized spacial score (nSPS) is 15.1. The molecule has 1 N–H and O–H groups in total. The van der Waals surface area contributed by atoms with Crippen molar-refractivity contribution in [2.24, 2.45) is 0 Å². The number of halogens is 1. The minimum atomic E-state index is -0.375. The van der Waals surface area contributed by atoms with Crippen molar-refractivity contribution in [2.75, 3.05) is 17.6 Å². The van der Waals surface area contributed by atoms with Crippen LogP contribution in [0.4, 0.5) is 10.1 Å². The smallest absolute Gasteiger partial charge is 0.244 e. The molecule has 7 heteroatoms. The molecule has 0 saturated carbocycles. The summed E-state index contributed by atoms with van der Waals surface area (Å²) in [4.78, 5) is 24.3. The number of thioether (sulfide) groups is 1. The van der Waals surface area contributed by atoms with E-state index in [1.165, 1.54) is 40.9 Å². The number of rotatable bonds is 3. The third-order valence-electron chi connectivity index (χ3n) is 2.27. The number of anilines is 1. The lowest BCUT2D eigenvalue weighted by molar-refractivity contribution is -0.127. The molecule has 1 aromatic rings. The zero-order chi connectivity index (χ0) is 13.1. The maximum Gasteiger partial charge on any atom is 0.244 e. The molecule has 0 aromatic heterocycles. The molecule has 0 aliphatic carbocycles. The molecule has 0 atom stereocenters. The Kier molecular flexibility index (Phi) is 3.93. The van der Waals surface area contributed by atoms with E-state index in [1.54, 1.807) is 0 Å². The number of benzene rings is 1. The Labute approximate surface area is 113 Å². The molecule has 1 fully saturated rings. The first-order valence-electron chi connectivity index (χ1n) is 5.09. The molecule has 1 aliphatic rings. The highest BCUT2D eigenvalue weighted by Gasteiger charge is 2.28. The zero-order valence-electron chi connectivity index (χ0n) is 9.18. The van der Waals surface area contributed by atoms with E-state index >= 15 is 0 Å². The van der Waals surface area contributed by atoms with Crippen molar-refractivity contribution >= 4 is 45.8 Å². The molecule has 18 heavy (non-hydrogen) atoms. The number of hydrogen-bond acceptors (Lipinski definition) is 4. The average molecular weight is 284 g/mol. The molecule has 0 bridgehead atoms. The maximum atomic E-state index is 12.7. The Hall–Kier alpha value is -1.47. The summed E-state index contributed by atoms with van der Waals surface area (Å²) in [6.45, 7) is -0.109. The quantitative estimate of drug-likeness (QED) is 0.857. The first kappa shape index (κ1) is 13.0. The van der Waals surface area contributed by atoms with Gasteiger partial charge in [-0.05, 0) is 24.3 Å². The van der Waals surface area contributed by atoms with Gasteiger partial charge in [0.25, 0.3) is 0 Å². The third-order valence-corrected chi connectivity index (χ3v) is 3.70. The molecule has 1 aromatic carbocycles. The summed E-state index contributed by atoms with van der Waals surface area (Å²) < 4.78 is 13.1. The van der Waals surface area contributed by atoms with Gasteiger partial charge >= 0.3 is 0 Å². The molecule has 4 nitrogen and oxygen atoms in total. The molecule has 2 amide bonds. The van der Waals surface area contributed by atoms with E-state index in [9.17, 15) is 14.0 Å². The highest BCUT2D eigenvalue weighted by atomic mass is 32.2. The Morgan fingerprint density at radius 3 is 2.67 bits per heavy atom. The van der Waals surface area contributed by atoms with Crippen molar-refractivity contribution in [3.63, 3.8) is 0 Å². The molecule has 0 unspecified atom stereocenters. The number of thiocarbonyl (C=S) groups is 1. The van der Waals surface area contributed by atoms with Gasteiger partial charge in [-0.25, -0.2) is 4.39 Å². The summed E-state index contributed by atoms with van der Waals surface area (Å²) in [5.74, 6) is -0.623. The Balaban J connectivity index is 1.94. The lowest BCUT2D eigenvalue weighted by atomic mass is 10.3. The van der Waals surface area contributed by atoms with Crippen LogP contribution >= 0.6 is 24.0 Å². The van der Waals surface area contributed by atoms with Gasteiger partial charge in [0.2, 0.25) is 11.8 Å². The highest BCUT2D eigenvalue weighted by molar-refractivity contribution is 8.23. The van der Waals surface area contributed by atoms with Crippen molar-refractivity contribution in [3.05, 3.63) is 30.1 Å². The monoisotopic (exact) mass is 284 g/mol. The molecule has 94 valence electrons. The molecular weight excluding hydrogens is 275 g/mol. The van der Waals surface area contributed by atoms with Gasteiger partial charge < -0.3 is 5.32 Å². The van der Waals surface area contributed by atoms with Gasteiger partial charge in [0.1, 0.15) is 16.7 Å². The van der Waals surface area contributed by atoms with Crippen molar-refractivity contribution < 1.29 is 14.0 Å². The SMILES string of the molecule is O=C(CN1C(=O)CSC1=S)Nc1ccc(F)cc1. The fourth-order valence-corrected chi connectivity index (χ4v) is 2.48. The standard InChI is InChI=1S/C11H9FN2O2S2/c12-7-1-3-8(4-2-7)13-9(15)5-14-10(16)6-18-11(14)17/h1-4H,5-6H2,(H,13,15). The van der Waals surface area contributed by atoms with E-state index in [4.69, 9.17) is 12.2 Å². The van der Waals surface area contributed by atoms with Crippen LogP contribution in [0.25, 0.3) is 0 Å². The van der Waals surface area contributed by atoms with E-state index in [-0.39, 0.29) is 29.9 Å². The predicted molar refractivity (Wildman–Crippen MR) is 71.8 cm³/mol. The van der Waals surface area contributed by atoms with E-state index in [0.717, 1.165) is 0 Å². The van der Waals surface area contributed by atoms with Crippen LogP contribution in [-0.4, -0.2) is 33.3 Å². The van der Waals surface area contributed by atoms with Crippen molar-refractivity contribution in [3.8, 4) is 0 Å². The van der Waals surface area contributed by atoms with Crippen LogP contribution in [0, 0.1) is 5.82 Å². The zero-order valence-corrected chi connectivity index (χ0v) is 10.8. The second-order valence-electron chi connectivity index (χ2n) is 3.59. The summed E-state index contributed by atoms with van der Waals surface area (Å²) in [5, 5.41) is 2.57. The van der Waals surface area contributed by atoms with Crippen LogP contribution in [0.1, 0.15) is 0 Å². The van der Waals surface area contributed by atoms with Crippen molar-refractivity contribution in [2.45, 2.75) is 0 Å². The van der Waals surface area contributed by atoms with Crippen LogP contribution in [0.15, 0.2) is 24.3 Å². The number of carbonyl (C=O) groups excluding carboxylic acids is 2. The summed E-state index contributed by atoms with van der Waals surface area (Å²) in [7, 11) is 0. The summed E-state index contributed by atoms with van der Waals surface area (Å²) in [6, 6.07) is 5.40. The van der Waals surface area contributed by atoms with E-state index in [1.807, 2.05) is 0 Å². The van der Waals surface area contributed by atoms with E-state index in [0.29, 0.717) is 10.0 Å². The van der Waals surface area contributed by atoms with Gasteiger partial charge in [0.05, 0.1) is 5.75 Å². The summed E-state index contributed by atoms with van der Waals surface area (Å²) in [6.07, 6.45) is 0. The molecule has 1 saturated heterocycles. The first-order valence-corrected chi connectivity index (χ1v) is 6.48.